The second-order valence-corrected chi connectivity index (χ2v) is 9.19. The third-order valence-electron chi connectivity index (χ3n) is 6.70. The molecule has 1 fully saturated rings. The Morgan fingerprint density at radius 1 is 0.806 bits per heavy atom. The maximum Gasteiger partial charge on any atom is 0.262 e. The summed E-state index contributed by atoms with van der Waals surface area (Å²) in [5.41, 5.74) is 2.91. The van der Waals surface area contributed by atoms with Crippen LogP contribution < -0.4 is 5.32 Å². The van der Waals surface area contributed by atoms with Crippen LogP contribution in [0.25, 0.3) is 0 Å². The maximum absolute atomic E-state index is 13.6. The molecule has 2 aliphatic rings. The first kappa shape index (κ1) is 23.5. The number of nitrogens with zero attached hydrogens (tertiary/aromatic N) is 2. The predicted octanol–water partition coefficient (Wildman–Crippen LogP) is 4.05. The molecule has 0 spiro atoms. The monoisotopic (exact) mass is 481 g/mol. The molecule has 1 saturated heterocycles. The summed E-state index contributed by atoms with van der Waals surface area (Å²) < 4.78 is 0. The van der Waals surface area contributed by atoms with Crippen molar-refractivity contribution in [1.82, 2.24) is 9.80 Å². The van der Waals surface area contributed by atoms with Gasteiger partial charge in [0, 0.05) is 31.6 Å². The van der Waals surface area contributed by atoms with Crippen molar-refractivity contribution < 1.29 is 19.2 Å². The molecule has 36 heavy (non-hydrogen) atoms. The van der Waals surface area contributed by atoms with Gasteiger partial charge >= 0.3 is 0 Å². The third-order valence-corrected chi connectivity index (χ3v) is 6.70. The molecule has 7 heteroatoms. The molecule has 4 amide bonds. The second kappa shape index (κ2) is 10.2. The number of carbonyl (C=O) groups is 4. The summed E-state index contributed by atoms with van der Waals surface area (Å²) in [5.74, 6) is -1.24. The van der Waals surface area contributed by atoms with Crippen molar-refractivity contribution in [2.75, 3.05) is 11.9 Å². The number of hydrogen-bond donors (Lipinski definition) is 1. The summed E-state index contributed by atoms with van der Waals surface area (Å²) in [7, 11) is 0. The maximum atomic E-state index is 13.6. The lowest BCUT2D eigenvalue weighted by Gasteiger charge is -2.27. The highest BCUT2D eigenvalue weighted by atomic mass is 16.2. The molecule has 3 aromatic carbocycles. The van der Waals surface area contributed by atoms with Crippen LogP contribution in [-0.2, 0) is 22.6 Å². The van der Waals surface area contributed by atoms with Gasteiger partial charge < -0.3 is 10.2 Å². The zero-order chi connectivity index (χ0) is 25.1. The summed E-state index contributed by atoms with van der Waals surface area (Å²) >= 11 is 0. The summed E-state index contributed by atoms with van der Waals surface area (Å²) in [6, 6.07) is 22.3. The number of piperidine rings is 1. The van der Waals surface area contributed by atoms with Gasteiger partial charge in [-0.15, -0.1) is 0 Å². The minimum atomic E-state index is -1.02. The first-order valence-electron chi connectivity index (χ1n) is 12.2. The third kappa shape index (κ3) is 4.77. The van der Waals surface area contributed by atoms with Crippen molar-refractivity contribution in [3.8, 4) is 0 Å². The molecule has 1 unspecified atom stereocenters. The Labute approximate surface area is 209 Å². The highest BCUT2D eigenvalue weighted by Gasteiger charge is 2.42. The molecule has 0 bridgehead atoms. The van der Waals surface area contributed by atoms with Crippen LogP contribution >= 0.6 is 0 Å². The molecule has 182 valence electrons. The number of rotatable bonds is 7. The molecule has 0 aliphatic carbocycles. The zero-order valence-electron chi connectivity index (χ0n) is 19.9. The average Bonchev–Trinajstić information content (AvgIpc) is 3.14. The number of amides is 4. The van der Waals surface area contributed by atoms with Gasteiger partial charge in [0.1, 0.15) is 6.04 Å². The molecular formula is C29H27N3O4. The Morgan fingerprint density at radius 2 is 1.47 bits per heavy atom. The molecule has 0 radical (unpaired) electrons. The largest absolute Gasteiger partial charge is 0.338 e. The van der Waals surface area contributed by atoms with Crippen LogP contribution in [-0.4, -0.2) is 46.0 Å². The lowest BCUT2D eigenvalue weighted by atomic mass is 10.0. The standard InChI is InChI=1S/C29H27N3O4/c33-26-15-6-7-16-31(26)19-21-11-8-12-22(17-21)30-27(34)25(18-20-9-2-1-3-10-20)32-28(35)23-13-4-5-14-24(23)29(32)36/h1-5,8-14,17,25H,6-7,15-16,18-19H2,(H,30,34). The average molecular weight is 482 g/mol. The molecule has 0 saturated carbocycles. The number of anilines is 1. The van der Waals surface area contributed by atoms with E-state index in [0.29, 0.717) is 29.8 Å². The molecule has 1 N–H and O–H groups in total. The van der Waals surface area contributed by atoms with Crippen molar-refractivity contribution >= 4 is 29.3 Å². The van der Waals surface area contributed by atoms with Crippen molar-refractivity contribution in [2.45, 2.75) is 38.3 Å². The van der Waals surface area contributed by atoms with Crippen molar-refractivity contribution in [3.05, 3.63) is 101 Å². The Kier molecular flexibility index (Phi) is 6.62. The van der Waals surface area contributed by atoms with E-state index < -0.39 is 23.8 Å². The van der Waals surface area contributed by atoms with Gasteiger partial charge in [0.25, 0.3) is 11.8 Å². The number of imide groups is 1. The SMILES string of the molecule is O=C(Nc1cccc(CN2CCCCC2=O)c1)C(Cc1ccccc1)N1C(=O)c2ccccc2C1=O. The van der Waals surface area contributed by atoms with Gasteiger partial charge in [-0.2, -0.15) is 0 Å². The fourth-order valence-corrected chi connectivity index (χ4v) is 4.85. The van der Waals surface area contributed by atoms with Crippen LogP contribution in [0.3, 0.4) is 0 Å². The first-order chi connectivity index (χ1) is 17.5. The lowest BCUT2D eigenvalue weighted by molar-refractivity contribution is -0.133. The predicted molar refractivity (Wildman–Crippen MR) is 135 cm³/mol. The molecule has 2 aliphatic heterocycles. The quantitative estimate of drug-likeness (QED) is 0.516. The number of carbonyl (C=O) groups excluding carboxylic acids is 4. The molecular weight excluding hydrogens is 454 g/mol. The number of fused-ring (bicyclic) bond motifs is 1. The lowest BCUT2D eigenvalue weighted by Crippen LogP contribution is -2.48. The van der Waals surface area contributed by atoms with Gasteiger partial charge in [-0.25, -0.2) is 0 Å². The summed E-state index contributed by atoms with van der Waals surface area (Å²) in [6.07, 6.45) is 2.67. The van der Waals surface area contributed by atoms with E-state index in [-0.39, 0.29) is 12.3 Å². The van der Waals surface area contributed by atoms with E-state index in [1.54, 1.807) is 30.3 Å². The first-order valence-corrected chi connectivity index (χ1v) is 12.2. The van der Waals surface area contributed by atoms with Crippen LogP contribution in [0, 0.1) is 0 Å². The van der Waals surface area contributed by atoms with Gasteiger partial charge in [0.2, 0.25) is 11.8 Å². The summed E-state index contributed by atoms with van der Waals surface area (Å²) in [5, 5.41) is 2.91. The van der Waals surface area contributed by atoms with E-state index in [0.717, 1.165) is 35.4 Å². The van der Waals surface area contributed by atoms with Crippen molar-refractivity contribution in [3.63, 3.8) is 0 Å². The highest BCUT2D eigenvalue weighted by molar-refractivity contribution is 6.23. The Morgan fingerprint density at radius 3 is 2.17 bits per heavy atom. The van der Waals surface area contributed by atoms with E-state index in [1.165, 1.54) is 0 Å². The molecule has 3 aromatic rings. The van der Waals surface area contributed by atoms with E-state index in [4.69, 9.17) is 0 Å². The van der Waals surface area contributed by atoms with Gasteiger partial charge in [-0.1, -0.05) is 54.6 Å². The van der Waals surface area contributed by atoms with Gasteiger partial charge in [0.05, 0.1) is 11.1 Å². The van der Waals surface area contributed by atoms with Crippen LogP contribution in [0.5, 0.6) is 0 Å². The number of nitrogens with one attached hydrogen (secondary N) is 1. The zero-order valence-corrected chi connectivity index (χ0v) is 19.9. The highest BCUT2D eigenvalue weighted by Crippen LogP contribution is 2.27. The normalized spacial score (nSPS) is 16.2. The summed E-state index contributed by atoms with van der Waals surface area (Å²) in [4.78, 5) is 55.1. The topological polar surface area (TPSA) is 86.8 Å². The fourth-order valence-electron chi connectivity index (χ4n) is 4.85. The van der Waals surface area contributed by atoms with Gasteiger partial charge in [-0.05, 0) is 48.2 Å². The van der Waals surface area contributed by atoms with Gasteiger partial charge in [0.15, 0.2) is 0 Å². The van der Waals surface area contributed by atoms with Crippen molar-refractivity contribution in [2.24, 2.45) is 0 Å². The molecule has 0 aromatic heterocycles. The minimum Gasteiger partial charge on any atom is -0.338 e. The van der Waals surface area contributed by atoms with E-state index in [1.807, 2.05) is 53.4 Å². The molecule has 2 heterocycles. The van der Waals surface area contributed by atoms with Crippen LogP contribution in [0.4, 0.5) is 5.69 Å². The van der Waals surface area contributed by atoms with E-state index in [9.17, 15) is 19.2 Å². The molecule has 5 rings (SSSR count). The number of benzene rings is 3. The smallest absolute Gasteiger partial charge is 0.262 e. The number of hydrogen-bond acceptors (Lipinski definition) is 4. The fraction of sp³-hybridized carbons (Fsp3) is 0.241. The molecule has 1 atom stereocenters. The summed E-state index contributed by atoms with van der Waals surface area (Å²) in [6.45, 7) is 1.21. The molecule has 7 nitrogen and oxygen atoms in total. The Hall–Kier alpha value is -4.26. The van der Waals surface area contributed by atoms with E-state index >= 15 is 0 Å². The van der Waals surface area contributed by atoms with Crippen LogP contribution in [0.1, 0.15) is 51.1 Å². The second-order valence-electron chi connectivity index (χ2n) is 9.19. The number of likely N-dealkylation sites (tertiary alicyclic amines) is 1. The Bertz CT molecular complexity index is 1290. The van der Waals surface area contributed by atoms with Gasteiger partial charge in [-0.3, -0.25) is 24.1 Å². The Balaban J connectivity index is 1.39. The van der Waals surface area contributed by atoms with Crippen LogP contribution in [0.2, 0.25) is 0 Å². The minimum absolute atomic E-state index is 0.143. The van der Waals surface area contributed by atoms with Crippen LogP contribution in [0.15, 0.2) is 78.9 Å². The van der Waals surface area contributed by atoms with Crippen molar-refractivity contribution in [1.29, 1.82) is 0 Å². The van der Waals surface area contributed by atoms with E-state index in [2.05, 4.69) is 5.32 Å².